The number of carbonyl (C=O) groups excluding carboxylic acids is 2. The molecule has 2 aromatic heterocycles. The summed E-state index contributed by atoms with van der Waals surface area (Å²) in [6.45, 7) is 4.05. The number of benzene rings is 4. The molecule has 14 nitrogen and oxygen atoms in total. The van der Waals surface area contributed by atoms with Gasteiger partial charge in [0.15, 0.2) is 5.16 Å². The van der Waals surface area contributed by atoms with Crippen molar-refractivity contribution >= 4 is 134 Å². The molecule has 390 valence electrons. The molecule has 74 heavy (non-hydrogen) atoms. The molecule has 4 aromatic carbocycles. The van der Waals surface area contributed by atoms with Crippen LogP contribution in [0.1, 0.15) is 46.4 Å². The van der Waals surface area contributed by atoms with Crippen molar-refractivity contribution in [2.24, 2.45) is 0 Å². The predicted molar refractivity (Wildman–Crippen MR) is 302 cm³/mol. The highest BCUT2D eigenvalue weighted by Crippen LogP contribution is 2.40. The molecule has 0 aliphatic carbocycles. The smallest absolute Gasteiger partial charge is 0.263 e. The molecule has 2 fully saturated rings. The fourth-order valence-corrected chi connectivity index (χ4v) is 12.3. The number of nitrogens with two attached hydrogens (primary N) is 1. The predicted octanol–water partition coefficient (Wildman–Crippen LogP) is 12.1. The van der Waals surface area contributed by atoms with E-state index in [-0.39, 0.29) is 39.1 Å². The molecule has 0 radical (unpaired) electrons. The number of para-hydroxylation sites is 2. The van der Waals surface area contributed by atoms with Gasteiger partial charge in [-0.1, -0.05) is 93.8 Å². The Labute approximate surface area is 462 Å². The zero-order valence-electron chi connectivity index (χ0n) is 41.2. The highest BCUT2D eigenvalue weighted by molar-refractivity contribution is 8.00. The molecule has 0 saturated carbocycles. The topological polar surface area (TPSA) is 143 Å². The van der Waals surface area contributed by atoms with Crippen molar-refractivity contribution < 1.29 is 18.4 Å². The number of hydrogen-bond acceptors (Lipinski definition) is 15. The molecule has 3 N–H and O–H groups in total. The van der Waals surface area contributed by atoms with Gasteiger partial charge in [0.2, 0.25) is 5.95 Å². The van der Waals surface area contributed by atoms with Gasteiger partial charge >= 0.3 is 0 Å². The highest BCUT2D eigenvalue weighted by Gasteiger charge is 2.33. The minimum absolute atomic E-state index is 0.0604. The maximum absolute atomic E-state index is 14.4. The fraction of sp³-hybridized carbons (Fsp3) is 0.333. The molecule has 4 aliphatic heterocycles. The van der Waals surface area contributed by atoms with Crippen LogP contribution >= 0.6 is 81.7 Å². The average Bonchev–Trinajstić information content (AvgIpc) is 3.38. The number of nitrogen functional groups attached to an aromatic ring is 1. The maximum atomic E-state index is 14.4. The third-order valence-electron chi connectivity index (χ3n) is 12.9. The van der Waals surface area contributed by atoms with Gasteiger partial charge in [0.25, 0.3) is 11.8 Å². The average molecular weight is 1140 g/mol. The Hall–Kier alpha value is -4.83. The number of nitrogens with one attached hydrogen (secondary N) is 1. The first kappa shape index (κ1) is 55.4. The first-order valence-electron chi connectivity index (χ1n) is 23.5. The van der Waals surface area contributed by atoms with E-state index in [1.165, 1.54) is 94.6 Å². The molecule has 6 aromatic rings. The van der Waals surface area contributed by atoms with Crippen molar-refractivity contribution in [2.75, 3.05) is 103 Å². The Morgan fingerprint density at radius 2 is 1.12 bits per heavy atom. The lowest BCUT2D eigenvalue weighted by atomic mass is 10.0. The van der Waals surface area contributed by atoms with Gasteiger partial charge in [-0.05, 0) is 121 Å². The lowest BCUT2D eigenvalue weighted by Crippen LogP contribution is -2.42. The van der Waals surface area contributed by atoms with E-state index in [1.54, 1.807) is 12.1 Å². The number of rotatable bonds is 9. The first-order valence-corrected chi connectivity index (χ1v) is 28.2. The van der Waals surface area contributed by atoms with Crippen molar-refractivity contribution in [3.63, 3.8) is 0 Å². The van der Waals surface area contributed by atoms with Gasteiger partial charge in [-0.25, -0.2) is 28.7 Å². The molecule has 6 heterocycles. The zero-order chi connectivity index (χ0) is 52.8. The lowest BCUT2D eigenvalue weighted by molar-refractivity contribution is 0.0977. The van der Waals surface area contributed by atoms with Gasteiger partial charge in [-0.15, -0.1) is 0 Å². The molecule has 0 unspecified atom stereocenters. The second-order valence-corrected chi connectivity index (χ2v) is 22.3. The van der Waals surface area contributed by atoms with E-state index >= 15 is 0 Å². The van der Waals surface area contributed by atoms with Gasteiger partial charge < -0.3 is 30.7 Å². The van der Waals surface area contributed by atoms with Gasteiger partial charge in [0.1, 0.15) is 21.7 Å². The zero-order valence-corrected chi connectivity index (χ0v) is 46.6. The lowest BCUT2D eigenvalue weighted by Gasteiger charge is -2.36. The largest absolute Gasteiger partial charge is 0.399 e. The highest BCUT2D eigenvalue weighted by atomic mass is 35.5. The van der Waals surface area contributed by atoms with E-state index in [0.717, 1.165) is 66.8 Å². The van der Waals surface area contributed by atoms with Crippen molar-refractivity contribution in [1.29, 1.82) is 0 Å². The number of hydrogen-bond donors (Lipinski definition) is 2. The molecule has 23 heteroatoms. The van der Waals surface area contributed by atoms with Crippen LogP contribution in [-0.2, 0) is 0 Å². The minimum atomic E-state index is -0.554. The first-order chi connectivity index (χ1) is 35.5. The Bertz CT molecular complexity index is 2960. The van der Waals surface area contributed by atoms with Gasteiger partial charge in [-0.2, -0.15) is 0 Å². The van der Waals surface area contributed by atoms with E-state index in [1.807, 2.05) is 42.7 Å². The van der Waals surface area contributed by atoms with Gasteiger partial charge in [-0.3, -0.25) is 19.4 Å². The third-order valence-corrected chi connectivity index (χ3v) is 16.7. The monoisotopic (exact) mass is 1140 g/mol. The number of nitrogens with zero attached hydrogens (tertiary/aromatic N) is 10. The second-order valence-electron chi connectivity index (χ2n) is 18.0. The third kappa shape index (κ3) is 12.9. The van der Waals surface area contributed by atoms with Crippen LogP contribution in [0.4, 0.5) is 48.9 Å². The molecule has 0 spiro atoms. The Kier molecular flexibility index (Phi) is 18.6. The number of fused-ring (bicyclic) bond motifs is 2. The van der Waals surface area contributed by atoms with Crippen molar-refractivity contribution in [2.45, 2.75) is 53.0 Å². The summed E-state index contributed by atoms with van der Waals surface area (Å²) < 4.78 is 28.4. The quantitative estimate of drug-likeness (QED) is 0.0613. The maximum Gasteiger partial charge on any atom is 0.263 e. The Morgan fingerprint density at radius 1 is 0.649 bits per heavy atom. The van der Waals surface area contributed by atoms with E-state index in [0.29, 0.717) is 49.4 Å². The number of halogens is 6. The van der Waals surface area contributed by atoms with Crippen LogP contribution in [0.5, 0.6) is 0 Å². The standard InChI is InChI=1S/C25H25Cl2FN6OS.C13H9ClFN3OS2.C13H20ClN3/c1-32(2)16-8-10-33(11-9-16)21-7-6-15(12-19(21)27)30-25-29-13-17-23(31-25)36-14-34(24(17)35)22-18(26)4-3-5-20(22)28;1-20-13-16-5-7-11(17-13)21-6-18(12(7)19)10-8(14)3-2-4-9(10)15;1-16(2)11-5-7-17(8-6-11)13-4-3-10(15)9-12(13)14/h3-7,12-13,16H,8-11,14H2,1-2H3,(H,29,30,31);2-5H,6H2,1H3;3-4,9,11H,5-8,15H2,1-2H3. The van der Waals surface area contributed by atoms with E-state index in [2.05, 4.69) is 73.0 Å². The molecule has 0 bridgehead atoms. The molecule has 10 rings (SSSR count). The van der Waals surface area contributed by atoms with Gasteiger partial charge in [0, 0.05) is 62.0 Å². The summed E-state index contributed by atoms with van der Waals surface area (Å²) in [7, 11) is 8.55. The molecule has 4 aliphatic rings. The van der Waals surface area contributed by atoms with Crippen molar-refractivity contribution in [3.05, 3.63) is 128 Å². The van der Waals surface area contributed by atoms with E-state index in [9.17, 15) is 18.4 Å². The normalized spacial score (nSPS) is 16.1. The summed E-state index contributed by atoms with van der Waals surface area (Å²) in [4.78, 5) is 54.6. The Balaban J connectivity index is 0.000000162. The molecule has 2 amide bonds. The molecular formula is C51H54Cl4F2N12O2S3. The number of aromatic nitrogens is 4. The van der Waals surface area contributed by atoms with Crippen LogP contribution in [0.15, 0.2) is 100 Å². The molecule has 0 atom stereocenters. The Morgan fingerprint density at radius 3 is 1.58 bits per heavy atom. The van der Waals surface area contributed by atoms with Crippen LogP contribution in [0, 0.1) is 11.6 Å². The number of amides is 2. The summed E-state index contributed by atoms with van der Waals surface area (Å²) in [6, 6.07) is 21.5. The number of anilines is 7. The summed E-state index contributed by atoms with van der Waals surface area (Å²) in [6.07, 6.45) is 9.37. The SMILES string of the molecule is CN(C)C1CCN(c2ccc(N)cc2Cl)CC1.CN(C)C1CCN(c2ccc(Nc3ncc4c(n3)SCN(c3c(F)cccc3Cl)C4=O)cc2Cl)CC1.CSc1ncc2c(n1)SCN(c1c(F)cccc1Cl)C2=O. The van der Waals surface area contributed by atoms with Crippen LogP contribution < -0.4 is 30.7 Å². The second kappa shape index (κ2) is 24.9. The summed E-state index contributed by atoms with van der Waals surface area (Å²) in [5.74, 6) is -1.02. The van der Waals surface area contributed by atoms with E-state index < -0.39 is 17.5 Å². The summed E-state index contributed by atoms with van der Waals surface area (Å²) >= 11 is 29.1. The summed E-state index contributed by atoms with van der Waals surface area (Å²) in [5, 5.41) is 6.70. The van der Waals surface area contributed by atoms with E-state index in [4.69, 9.17) is 52.1 Å². The van der Waals surface area contributed by atoms with Crippen LogP contribution in [0.2, 0.25) is 20.1 Å². The number of piperidine rings is 2. The number of carbonyl (C=O) groups is 2. The molecular weight excluding hydrogens is 1090 g/mol. The van der Waals surface area contributed by atoms with Crippen LogP contribution in [0.25, 0.3) is 0 Å². The van der Waals surface area contributed by atoms with Crippen LogP contribution in [0.3, 0.4) is 0 Å². The van der Waals surface area contributed by atoms with Crippen LogP contribution in [-0.4, -0.2) is 126 Å². The minimum Gasteiger partial charge on any atom is -0.399 e. The van der Waals surface area contributed by atoms with Crippen molar-refractivity contribution in [3.8, 4) is 0 Å². The molecule has 2 saturated heterocycles. The fourth-order valence-electron chi connectivity index (χ4n) is 8.87. The summed E-state index contributed by atoms with van der Waals surface area (Å²) in [5.41, 5.74) is 10.1. The van der Waals surface area contributed by atoms with Gasteiger partial charge in [0.05, 0.1) is 65.7 Å². The van der Waals surface area contributed by atoms with Crippen molar-refractivity contribution in [1.82, 2.24) is 29.7 Å². The number of thioether (sulfide) groups is 3.